The Morgan fingerprint density at radius 1 is 1.32 bits per heavy atom. The van der Waals surface area contributed by atoms with Crippen molar-refractivity contribution in [3.63, 3.8) is 0 Å². The van der Waals surface area contributed by atoms with Gasteiger partial charge < -0.3 is 15.2 Å². The number of alkyl halides is 2. The Morgan fingerprint density at radius 3 is 2.64 bits per heavy atom. The smallest absolute Gasteiger partial charge is 0.387 e. The zero-order valence-corrected chi connectivity index (χ0v) is 11.9. The van der Waals surface area contributed by atoms with E-state index in [4.69, 9.17) is 0 Å². The van der Waals surface area contributed by atoms with Gasteiger partial charge in [-0.3, -0.25) is 4.79 Å². The lowest BCUT2D eigenvalue weighted by molar-refractivity contribution is -0.122. The van der Waals surface area contributed by atoms with E-state index in [-0.39, 0.29) is 12.1 Å². The van der Waals surface area contributed by atoms with Crippen LogP contribution < -0.4 is 10.1 Å². The number of amides is 1. The van der Waals surface area contributed by atoms with Crippen LogP contribution in [0.2, 0.25) is 0 Å². The molecular formula is C15H18F3NO3. The largest absolute Gasteiger partial charge is 0.432 e. The molecule has 1 aromatic rings. The fourth-order valence-electron chi connectivity index (χ4n) is 2.67. The van der Waals surface area contributed by atoms with Crippen molar-refractivity contribution < 1.29 is 27.8 Å². The van der Waals surface area contributed by atoms with Crippen molar-refractivity contribution in [2.24, 2.45) is 0 Å². The van der Waals surface area contributed by atoms with Crippen LogP contribution in [0, 0.1) is 5.82 Å². The second kappa shape index (κ2) is 7.00. The Labute approximate surface area is 126 Å². The van der Waals surface area contributed by atoms with Gasteiger partial charge in [0.1, 0.15) is 5.82 Å². The Morgan fingerprint density at radius 2 is 2.00 bits per heavy atom. The van der Waals surface area contributed by atoms with Gasteiger partial charge in [-0.05, 0) is 25.0 Å². The summed E-state index contributed by atoms with van der Waals surface area (Å²) in [6.45, 7) is -3.13. The summed E-state index contributed by atoms with van der Waals surface area (Å²) in [5.74, 6) is -1.71. The van der Waals surface area contributed by atoms with Crippen molar-refractivity contribution in [3.05, 3.63) is 24.0 Å². The van der Waals surface area contributed by atoms with Gasteiger partial charge in [0.15, 0.2) is 5.75 Å². The topological polar surface area (TPSA) is 58.6 Å². The molecule has 1 saturated carbocycles. The first-order valence-corrected chi connectivity index (χ1v) is 7.15. The lowest BCUT2D eigenvalue weighted by Crippen LogP contribution is -2.36. The van der Waals surface area contributed by atoms with Gasteiger partial charge in [-0.25, -0.2) is 4.39 Å². The highest BCUT2D eigenvalue weighted by atomic mass is 19.3. The molecule has 1 amide bonds. The van der Waals surface area contributed by atoms with Crippen LogP contribution in [0.25, 0.3) is 0 Å². The molecule has 0 unspecified atom stereocenters. The van der Waals surface area contributed by atoms with E-state index in [1.807, 2.05) is 0 Å². The molecule has 0 heterocycles. The van der Waals surface area contributed by atoms with E-state index in [0.29, 0.717) is 12.8 Å². The quantitative estimate of drug-likeness (QED) is 0.874. The summed E-state index contributed by atoms with van der Waals surface area (Å²) in [5, 5.41) is 12.7. The Kier molecular flexibility index (Phi) is 5.28. The molecule has 0 atom stereocenters. The summed E-state index contributed by atoms with van der Waals surface area (Å²) in [7, 11) is 0. The second-order valence-electron chi connectivity index (χ2n) is 5.53. The summed E-state index contributed by atoms with van der Waals surface area (Å²) in [5.41, 5.74) is -1.11. The van der Waals surface area contributed by atoms with Crippen LogP contribution in [0.5, 0.6) is 5.75 Å². The van der Waals surface area contributed by atoms with E-state index >= 15 is 0 Å². The SMILES string of the molecule is O=C(CC1(O)CCCCC1)Nc1ccc(F)cc1OC(F)F. The monoisotopic (exact) mass is 317 g/mol. The van der Waals surface area contributed by atoms with Crippen LogP contribution in [0.15, 0.2) is 18.2 Å². The highest BCUT2D eigenvalue weighted by Gasteiger charge is 2.32. The minimum atomic E-state index is -3.13. The lowest BCUT2D eigenvalue weighted by atomic mass is 9.82. The minimum absolute atomic E-state index is 0.0499. The van der Waals surface area contributed by atoms with Gasteiger partial charge in [-0.15, -0.1) is 0 Å². The molecule has 1 aromatic carbocycles. The van der Waals surface area contributed by atoms with Gasteiger partial charge in [-0.2, -0.15) is 8.78 Å². The molecule has 1 fully saturated rings. The number of halogens is 3. The normalized spacial score (nSPS) is 17.3. The van der Waals surface area contributed by atoms with Gasteiger partial charge in [0, 0.05) is 6.07 Å². The summed E-state index contributed by atoms with van der Waals surface area (Å²) in [6.07, 6.45) is 3.65. The molecule has 0 aliphatic heterocycles. The van der Waals surface area contributed by atoms with Crippen LogP contribution in [-0.4, -0.2) is 23.2 Å². The zero-order chi connectivity index (χ0) is 16.2. The molecule has 7 heteroatoms. The van der Waals surface area contributed by atoms with E-state index in [1.54, 1.807) is 0 Å². The van der Waals surface area contributed by atoms with Crippen molar-refractivity contribution in [3.8, 4) is 5.75 Å². The lowest BCUT2D eigenvalue weighted by Gasteiger charge is -2.31. The average Bonchev–Trinajstić information content (AvgIpc) is 2.41. The average molecular weight is 317 g/mol. The predicted molar refractivity (Wildman–Crippen MR) is 74.3 cm³/mol. The molecule has 0 bridgehead atoms. The van der Waals surface area contributed by atoms with Gasteiger partial charge >= 0.3 is 6.61 Å². The number of hydrogen-bond acceptors (Lipinski definition) is 3. The van der Waals surface area contributed by atoms with Gasteiger partial charge in [0.05, 0.1) is 17.7 Å². The van der Waals surface area contributed by atoms with E-state index in [0.717, 1.165) is 37.5 Å². The van der Waals surface area contributed by atoms with Crippen LogP contribution >= 0.6 is 0 Å². The van der Waals surface area contributed by atoms with Gasteiger partial charge in [0.25, 0.3) is 0 Å². The van der Waals surface area contributed by atoms with Crippen LogP contribution in [0.1, 0.15) is 38.5 Å². The first-order chi connectivity index (χ1) is 10.4. The van der Waals surface area contributed by atoms with E-state index in [9.17, 15) is 23.1 Å². The fraction of sp³-hybridized carbons (Fsp3) is 0.533. The maximum absolute atomic E-state index is 13.1. The van der Waals surface area contributed by atoms with E-state index < -0.39 is 29.7 Å². The maximum Gasteiger partial charge on any atom is 0.387 e. The number of hydrogen-bond donors (Lipinski definition) is 2. The third-order valence-electron chi connectivity index (χ3n) is 3.71. The molecule has 2 N–H and O–H groups in total. The minimum Gasteiger partial charge on any atom is -0.432 e. The van der Waals surface area contributed by atoms with Crippen LogP contribution in [0.3, 0.4) is 0 Å². The van der Waals surface area contributed by atoms with E-state index in [1.165, 1.54) is 0 Å². The molecule has 122 valence electrons. The Bertz CT molecular complexity index is 531. The molecule has 2 rings (SSSR count). The van der Waals surface area contributed by atoms with Crippen molar-refractivity contribution in [1.29, 1.82) is 0 Å². The predicted octanol–water partition coefficient (Wildman–Crippen LogP) is 3.45. The number of carbonyl (C=O) groups is 1. The number of rotatable bonds is 5. The molecule has 1 aliphatic rings. The zero-order valence-electron chi connectivity index (χ0n) is 11.9. The van der Waals surface area contributed by atoms with Crippen LogP contribution in [0.4, 0.5) is 18.9 Å². The van der Waals surface area contributed by atoms with Crippen LogP contribution in [-0.2, 0) is 4.79 Å². The van der Waals surface area contributed by atoms with Crippen molar-refractivity contribution in [2.75, 3.05) is 5.32 Å². The molecule has 0 spiro atoms. The molecule has 1 aliphatic carbocycles. The number of anilines is 1. The number of aliphatic hydroxyl groups is 1. The summed E-state index contributed by atoms with van der Waals surface area (Å²) in [6, 6.07) is 2.95. The van der Waals surface area contributed by atoms with Gasteiger partial charge in [-0.1, -0.05) is 19.3 Å². The molecule has 4 nitrogen and oxygen atoms in total. The standard InChI is InChI=1S/C15H18F3NO3/c16-10-4-5-11(12(8-10)22-14(17)18)19-13(20)9-15(21)6-2-1-3-7-15/h4-5,8,14,21H,1-3,6-7,9H2,(H,19,20). The van der Waals surface area contributed by atoms with Crippen molar-refractivity contribution in [1.82, 2.24) is 0 Å². The maximum atomic E-state index is 13.1. The Hall–Kier alpha value is -1.76. The number of benzene rings is 1. The molecular weight excluding hydrogens is 299 g/mol. The number of ether oxygens (including phenoxy) is 1. The first kappa shape index (κ1) is 16.6. The number of nitrogens with one attached hydrogen (secondary N) is 1. The molecule has 0 radical (unpaired) electrons. The third-order valence-corrected chi connectivity index (χ3v) is 3.71. The second-order valence-corrected chi connectivity index (χ2v) is 5.53. The van der Waals surface area contributed by atoms with Gasteiger partial charge in [0.2, 0.25) is 5.91 Å². The first-order valence-electron chi connectivity index (χ1n) is 7.15. The highest BCUT2D eigenvalue weighted by molar-refractivity contribution is 5.92. The number of carbonyl (C=O) groups excluding carboxylic acids is 1. The summed E-state index contributed by atoms with van der Waals surface area (Å²) >= 11 is 0. The highest BCUT2D eigenvalue weighted by Crippen LogP contribution is 2.32. The molecule has 0 aromatic heterocycles. The summed E-state index contributed by atoms with van der Waals surface area (Å²) in [4.78, 5) is 12.0. The van der Waals surface area contributed by atoms with Crippen molar-refractivity contribution in [2.45, 2.75) is 50.7 Å². The fourth-order valence-corrected chi connectivity index (χ4v) is 2.67. The third kappa shape index (κ3) is 4.62. The Balaban J connectivity index is 2.04. The van der Waals surface area contributed by atoms with Crippen molar-refractivity contribution >= 4 is 11.6 Å². The molecule has 22 heavy (non-hydrogen) atoms. The van der Waals surface area contributed by atoms with E-state index in [2.05, 4.69) is 10.1 Å². The molecule has 0 saturated heterocycles. The summed E-state index contributed by atoms with van der Waals surface area (Å²) < 4.78 is 41.9.